The topological polar surface area (TPSA) is 58.9 Å². The molecular weight excluding hydrogens is 316 g/mol. The third-order valence-corrected chi connectivity index (χ3v) is 4.24. The van der Waals surface area contributed by atoms with Gasteiger partial charge in [0.1, 0.15) is 24.2 Å². The van der Waals surface area contributed by atoms with Crippen LogP contribution in [-0.2, 0) is 5.41 Å². The number of rotatable bonds is 8. The minimum Gasteiger partial charge on any atom is -0.491 e. The molecule has 0 fully saturated rings. The number of hydrogen-bond donors (Lipinski definition) is 2. The second-order valence-corrected chi connectivity index (χ2v) is 6.94. The van der Waals surface area contributed by atoms with Crippen LogP contribution >= 0.6 is 0 Å². The summed E-state index contributed by atoms with van der Waals surface area (Å²) in [5.74, 6) is 1.50. The van der Waals surface area contributed by atoms with E-state index in [-0.39, 0.29) is 24.7 Å². The molecule has 0 aliphatic carbocycles. The van der Waals surface area contributed by atoms with E-state index in [4.69, 9.17) is 14.6 Å². The predicted molar refractivity (Wildman–Crippen MR) is 99.4 cm³/mol. The number of aliphatic hydroxyl groups excluding tert-OH is 2. The Labute approximate surface area is 150 Å². The van der Waals surface area contributed by atoms with Crippen molar-refractivity contribution in [3.8, 4) is 11.5 Å². The minimum absolute atomic E-state index is 0.00325. The molecule has 2 N–H and O–H groups in total. The quantitative estimate of drug-likeness (QED) is 0.769. The molecule has 136 valence electrons. The van der Waals surface area contributed by atoms with E-state index in [0.29, 0.717) is 0 Å². The Kier molecular flexibility index (Phi) is 6.45. The maximum atomic E-state index is 9.29. The number of benzene rings is 2. The van der Waals surface area contributed by atoms with E-state index >= 15 is 0 Å². The van der Waals surface area contributed by atoms with Gasteiger partial charge in [-0.25, -0.2) is 0 Å². The largest absolute Gasteiger partial charge is 0.491 e. The number of aliphatic hydroxyl groups is 2. The summed E-state index contributed by atoms with van der Waals surface area (Å²) < 4.78 is 11.1. The van der Waals surface area contributed by atoms with Crippen LogP contribution in [0.3, 0.4) is 0 Å². The fourth-order valence-electron chi connectivity index (χ4n) is 2.57. The molecule has 2 unspecified atom stereocenters. The van der Waals surface area contributed by atoms with Crippen LogP contribution < -0.4 is 9.47 Å². The van der Waals surface area contributed by atoms with Crippen molar-refractivity contribution in [2.24, 2.45) is 0 Å². The van der Waals surface area contributed by atoms with Gasteiger partial charge in [-0.3, -0.25) is 0 Å². The molecule has 0 aliphatic heterocycles. The Balaban J connectivity index is 2.11. The lowest BCUT2D eigenvalue weighted by atomic mass is 9.78. The first-order valence-corrected chi connectivity index (χ1v) is 8.62. The molecule has 0 aromatic heterocycles. The minimum atomic E-state index is -0.481. The van der Waals surface area contributed by atoms with Gasteiger partial charge in [-0.1, -0.05) is 38.1 Å². The number of hydrogen-bond acceptors (Lipinski definition) is 4. The van der Waals surface area contributed by atoms with Gasteiger partial charge >= 0.3 is 0 Å². The van der Waals surface area contributed by atoms with Gasteiger partial charge in [0, 0.05) is 5.41 Å². The fourth-order valence-corrected chi connectivity index (χ4v) is 2.57. The third-order valence-electron chi connectivity index (χ3n) is 4.24. The van der Waals surface area contributed by atoms with Gasteiger partial charge < -0.3 is 19.7 Å². The summed E-state index contributed by atoms with van der Waals surface area (Å²) in [5.41, 5.74) is 2.19. The third kappa shape index (κ3) is 5.21. The Morgan fingerprint density at radius 2 is 1.36 bits per heavy atom. The summed E-state index contributed by atoms with van der Waals surface area (Å²) in [6.07, 6.45) is -0.696. The van der Waals surface area contributed by atoms with Gasteiger partial charge in [0.15, 0.2) is 0 Å². The highest BCUT2D eigenvalue weighted by Crippen LogP contribution is 2.33. The van der Waals surface area contributed by atoms with Crippen LogP contribution in [0.15, 0.2) is 48.5 Å². The molecule has 0 saturated heterocycles. The van der Waals surface area contributed by atoms with Crippen molar-refractivity contribution in [1.82, 2.24) is 0 Å². The molecule has 0 spiro atoms. The molecule has 0 heterocycles. The second kappa shape index (κ2) is 8.37. The summed E-state index contributed by atoms with van der Waals surface area (Å²) >= 11 is 0. The van der Waals surface area contributed by atoms with Crippen molar-refractivity contribution in [1.29, 1.82) is 0 Å². The zero-order chi connectivity index (χ0) is 18.4. The van der Waals surface area contributed by atoms with E-state index in [9.17, 15) is 5.11 Å². The summed E-state index contributed by atoms with van der Waals surface area (Å²) in [5, 5.41) is 18.4. The molecule has 4 nitrogen and oxygen atoms in total. The average molecular weight is 344 g/mol. The van der Waals surface area contributed by atoms with Gasteiger partial charge in [-0.2, -0.15) is 0 Å². The van der Waals surface area contributed by atoms with Crippen LogP contribution in [0.2, 0.25) is 0 Å². The second-order valence-electron chi connectivity index (χ2n) is 6.94. The van der Waals surface area contributed by atoms with Crippen molar-refractivity contribution in [3.05, 3.63) is 59.7 Å². The Morgan fingerprint density at radius 3 is 1.80 bits per heavy atom. The lowest BCUT2D eigenvalue weighted by Gasteiger charge is -2.26. The molecular formula is C21H28O4. The van der Waals surface area contributed by atoms with Crippen molar-refractivity contribution in [2.45, 2.75) is 45.3 Å². The lowest BCUT2D eigenvalue weighted by Crippen LogP contribution is -2.19. The molecule has 0 aliphatic rings. The van der Waals surface area contributed by atoms with Crippen molar-refractivity contribution >= 4 is 0 Å². The zero-order valence-corrected chi connectivity index (χ0v) is 15.4. The molecule has 0 amide bonds. The predicted octanol–water partition coefficient (Wildman–Crippen LogP) is 3.53. The molecule has 0 radical (unpaired) electrons. The van der Waals surface area contributed by atoms with E-state index in [1.165, 1.54) is 11.1 Å². The normalized spacial score (nSPS) is 14.0. The average Bonchev–Trinajstić information content (AvgIpc) is 2.60. The van der Waals surface area contributed by atoms with Crippen LogP contribution in [0.1, 0.15) is 38.8 Å². The molecule has 25 heavy (non-hydrogen) atoms. The molecule has 0 bridgehead atoms. The van der Waals surface area contributed by atoms with Gasteiger partial charge in [0.05, 0.1) is 12.7 Å². The van der Waals surface area contributed by atoms with Crippen LogP contribution in [0, 0.1) is 0 Å². The molecule has 4 heteroatoms. The molecule has 2 aromatic carbocycles. The van der Waals surface area contributed by atoms with Gasteiger partial charge in [0.2, 0.25) is 0 Å². The maximum absolute atomic E-state index is 9.29. The number of ether oxygens (including phenoxy) is 2. The van der Waals surface area contributed by atoms with Crippen LogP contribution in [-0.4, -0.2) is 35.6 Å². The SMILES string of the molecule is CC(O)COc1ccc(C(C)(C)c2ccc(OC(C)CO)cc2)cc1. The first-order valence-electron chi connectivity index (χ1n) is 8.62. The van der Waals surface area contributed by atoms with E-state index < -0.39 is 6.10 Å². The standard InChI is InChI=1S/C21H28O4/c1-15(23)14-24-19-9-5-17(6-10-19)21(3,4)18-7-11-20(12-8-18)25-16(2)13-22/h5-12,15-16,22-23H,13-14H2,1-4H3. The summed E-state index contributed by atoms with van der Waals surface area (Å²) in [4.78, 5) is 0. The monoisotopic (exact) mass is 344 g/mol. The van der Waals surface area contributed by atoms with E-state index in [0.717, 1.165) is 11.5 Å². The van der Waals surface area contributed by atoms with Crippen LogP contribution in [0.5, 0.6) is 11.5 Å². The first-order chi connectivity index (χ1) is 11.8. The Bertz CT molecular complexity index is 645. The van der Waals surface area contributed by atoms with Gasteiger partial charge in [-0.15, -0.1) is 0 Å². The van der Waals surface area contributed by atoms with Crippen molar-refractivity contribution < 1.29 is 19.7 Å². The first kappa shape index (κ1) is 19.3. The lowest BCUT2D eigenvalue weighted by molar-refractivity contribution is 0.122. The van der Waals surface area contributed by atoms with Crippen LogP contribution in [0.4, 0.5) is 0 Å². The van der Waals surface area contributed by atoms with Gasteiger partial charge in [-0.05, 0) is 49.2 Å². The van der Waals surface area contributed by atoms with E-state index in [2.05, 4.69) is 38.1 Å². The Hall–Kier alpha value is -2.04. The summed E-state index contributed by atoms with van der Waals surface area (Å²) in [6.45, 7) is 8.16. The highest BCUT2D eigenvalue weighted by atomic mass is 16.5. The molecule has 2 atom stereocenters. The molecule has 2 rings (SSSR count). The highest BCUT2D eigenvalue weighted by molar-refractivity contribution is 5.41. The summed E-state index contributed by atoms with van der Waals surface area (Å²) in [6, 6.07) is 15.9. The molecule has 2 aromatic rings. The summed E-state index contributed by atoms with van der Waals surface area (Å²) in [7, 11) is 0. The molecule has 0 saturated carbocycles. The fraction of sp³-hybridized carbons (Fsp3) is 0.429. The maximum Gasteiger partial charge on any atom is 0.119 e. The van der Waals surface area contributed by atoms with E-state index in [1.54, 1.807) is 6.92 Å². The van der Waals surface area contributed by atoms with Crippen molar-refractivity contribution in [3.63, 3.8) is 0 Å². The van der Waals surface area contributed by atoms with Crippen LogP contribution in [0.25, 0.3) is 0 Å². The van der Waals surface area contributed by atoms with Crippen molar-refractivity contribution in [2.75, 3.05) is 13.2 Å². The smallest absolute Gasteiger partial charge is 0.119 e. The van der Waals surface area contributed by atoms with Gasteiger partial charge in [0.25, 0.3) is 0 Å². The highest BCUT2D eigenvalue weighted by Gasteiger charge is 2.23. The zero-order valence-electron chi connectivity index (χ0n) is 15.4. The Morgan fingerprint density at radius 1 is 0.880 bits per heavy atom. The van der Waals surface area contributed by atoms with E-state index in [1.807, 2.05) is 31.2 Å².